The number of hydrogen-bond acceptors (Lipinski definition) is 4. The molecule has 1 aromatic heterocycles. The van der Waals surface area contributed by atoms with Crippen molar-refractivity contribution in [3.05, 3.63) is 48.5 Å². The summed E-state index contributed by atoms with van der Waals surface area (Å²) >= 11 is 0. The van der Waals surface area contributed by atoms with Crippen molar-refractivity contribution in [3.8, 4) is 11.5 Å². The van der Waals surface area contributed by atoms with Crippen LogP contribution in [-0.2, 0) is 0 Å². The monoisotopic (exact) mass is 350 g/mol. The van der Waals surface area contributed by atoms with Crippen molar-refractivity contribution in [3.63, 3.8) is 0 Å². The Kier molecular flexibility index (Phi) is 4.58. The van der Waals surface area contributed by atoms with E-state index in [0.717, 1.165) is 48.2 Å². The maximum Gasteiger partial charge on any atom is 0.321 e. The largest absolute Gasteiger partial charge is 0.436 e. The first-order valence-corrected chi connectivity index (χ1v) is 8.96. The molecule has 6 nitrogen and oxygen atoms in total. The second kappa shape index (κ2) is 7.17. The van der Waals surface area contributed by atoms with E-state index in [1.54, 1.807) is 0 Å². The number of rotatable bonds is 2. The van der Waals surface area contributed by atoms with Crippen LogP contribution in [0, 0.1) is 0 Å². The minimum atomic E-state index is -0.0753. The Bertz CT molecular complexity index is 871. The van der Waals surface area contributed by atoms with Gasteiger partial charge in [-0.3, -0.25) is 0 Å². The van der Waals surface area contributed by atoms with Gasteiger partial charge in [-0.2, -0.15) is 0 Å². The van der Waals surface area contributed by atoms with E-state index in [1.165, 1.54) is 0 Å². The number of carbonyl (C=O) groups is 1. The van der Waals surface area contributed by atoms with E-state index in [2.05, 4.69) is 10.3 Å². The summed E-state index contributed by atoms with van der Waals surface area (Å²) in [6, 6.07) is 15.3. The first kappa shape index (κ1) is 16.6. The summed E-state index contributed by atoms with van der Waals surface area (Å²) in [6.07, 6.45) is 2.78. The highest BCUT2D eigenvalue weighted by Gasteiger charge is 2.18. The lowest BCUT2D eigenvalue weighted by molar-refractivity contribution is 0.213. The van der Waals surface area contributed by atoms with Crippen molar-refractivity contribution < 1.29 is 9.21 Å². The van der Waals surface area contributed by atoms with Crippen LogP contribution in [0.25, 0.3) is 22.6 Å². The van der Waals surface area contributed by atoms with Gasteiger partial charge in [0.2, 0.25) is 5.89 Å². The van der Waals surface area contributed by atoms with Crippen molar-refractivity contribution in [1.82, 2.24) is 9.88 Å². The Labute approximate surface area is 152 Å². The summed E-state index contributed by atoms with van der Waals surface area (Å²) in [4.78, 5) is 18.8. The maximum absolute atomic E-state index is 12.4. The number of nitrogens with one attached hydrogen (secondary N) is 1. The topological polar surface area (TPSA) is 84.4 Å². The van der Waals surface area contributed by atoms with E-state index >= 15 is 0 Å². The molecule has 26 heavy (non-hydrogen) atoms. The van der Waals surface area contributed by atoms with Crippen molar-refractivity contribution in [2.75, 3.05) is 18.4 Å². The van der Waals surface area contributed by atoms with Crippen molar-refractivity contribution >= 4 is 22.8 Å². The van der Waals surface area contributed by atoms with Gasteiger partial charge < -0.3 is 20.4 Å². The molecular weight excluding hydrogens is 328 g/mol. The van der Waals surface area contributed by atoms with Gasteiger partial charge in [0.15, 0.2) is 5.58 Å². The van der Waals surface area contributed by atoms with Gasteiger partial charge in [0, 0.05) is 30.4 Å². The fourth-order valence-electron chi connectivity index (χ4n) is 3.22. The molecule has 1 aliphatic rings. The molecule has 1 saturated heterocycles. The van der Waals surface area contributed by atoms with E-state index in [4.69, 9.17) is 10.2 Å². The van der Waals surface area contributed by atoms with Gasteiger partial charge in [0.1, 0.15) is 5.52 Å². The Morgan fingerprint density at radius 1 is 1.12 bits per heavy atom. The van der Waals surface area contributed by atoms with Crippen LogP contribution in [-0.4, -0.2) is 35.0 Å². The Hall–Kier alpha value is -2.86. The SMILES string of the molecule is N[C@H]1CCCN(C(=O)Nc2ccc(-c3nc4ccccc4o3)cc2)CC1. The predicted molar refractivity (Wildman–Crippen MR) is 102 cm³/mol. The molecule has 0 spiro atoms. The van der Waals surface area contributed by atoms with Gasteiger partial charge in [-0.05, 0) is 55.7 Å². The Balaban J connectivity index is 1.44. The number of hydrogen-bond donors (Lipinski definition) is 2. The third kappa shape index (κ3) is 3.55. The fraction of sp³-hybridized carbons (Fsp3) is 0.300. The molecule has 2 amide bonds. The van der Waals surface area contributed by atoms with Gasteiger partial charge in [-0.15, -0.1) is 0 Å². The van der Waals surface area contributed by atoms with Crippen LogP contribution in [0.15, 0.2) is 52.9 Å². The number of likely N-dealkylation sites (tertiary alicyclic amines) is 1. The zero-order valence-corrected chi connectivity index (χ0v) is 14.5. The fourth-order valence-corrected chi connectivity index (χ4v) is 3.22. The molecule has 2 heterocycles. The zero-order chi connectivity index (χ0) is 17.9. The molecule has 3 aromatic rings. The van der Waals surface area contributed by atoms with Crippen LogP contribution in [0.3, 0.4) is 0 Å². The molecule has 3 N–H and O–H groups in total. The first-order chi connectivity index (χ1) is 12.7. The summed E-state index contributed by atoms with van der Waals surface area (Å²) in [5.41, 5.74) is 9.20. The molecule has 4 rings (SSSR count). The number of aromatic nitrogens is 1. The minimum absolute atomic E-state index is 0.0753. The quantitative estimate of drug-likeness (QED) is 0.735. The van der Waals surface area contributed by atoms with Gasteiger partial charge in [-0.25, -0.2) is 9.78 Å². The highest BCUT2D eigenvalue weighted by Crippen LogP contribution is 2.25. The molecule has 2 aromatic carbocycles. The van der Waals surface area contributed by atoms with Crippen LogP contribution in [0.2, 0.25) is 0 Å². The van der Waals surface area contributed by atoms with Gasteiger partial charge in [0.25, 0.3) is 0 Å². The van der Waals surface area contributed by atoms with Gasteiger partial charge in [-0.1, -0.05) is 12.1 Å². The molecule has 0 bridgehead atoms. The highest BCUT2D eigenvalue weighted by molar-refractivity contribution is 5.89. The molecule has 1 fully saturated rings. The number of oxazole rings is 1. The van der Waals surface area contributed by atoms with Crippen molar-refractivity contribution in [2.45, 2.75) is 25.3 Å². The average molecular weight is 350 g/mol. The molecule has 0 unspecified atom stereocenters. The van der Waals surface area contributed by atoms with Crippen LogP contribution in [0.4, 0.5) is 10.5 Å². The molecular formula is C20H22N4O2. The van der Waals surface area contributed by atoms with Crippen LogP contribution in [0.1, 0.15) is 19.3 Å². The molecule has 0 aliphatic carbocycles. The van der Waals surface area contributed by atoms with Crippen LogP contribution >= 0.6 is 0 Å². The lowest BCUT2D eigenvalue weighted by Gasteiger charge is -2.21. The van der Waals surface area contributed by atoms with E-state index in [9.17, 15) is 4.79 Å². The summed E-state index contributed by atoms with van der Waals surface area (Å²) in [5.74, 6) is 0.575. The Morgan fingerprint density at radius 2 is 1.92 bits per heavy atom. The summed E-state index contributed by atoms with van der Waals surface area (Å²) in [7, 11) is 0. The molecule has 1 aliphatic heterocycles. The number of urea groups is 1. The molecule has 134 valence electrons. The molecule has 1 atom stereocenters. The number of nitrogens with two attached hydrogens (primary N) is 1. The second-order valence-electron chi connectivity index (χ2n) is 6.67. The predicted octanol–water partition coefficient (Wildman–Crippen LogP) is 3.84. The van der Waals surface area contributed by atoms with E-state index in [0.29, 0.717) is 12.4 Å². The van der Waals surface area contributed by atoms with Crippen LogP contribution < -0.4 is 11.1 Å². The van der Waals surface area contributed by atoms with Gasteiger partial charge >= 0.3 is 6.03 Å². The molecule has 6 heteroatoms. The van der Waals surface area contributed by atoms with Crippen molar-refractivity contribution in [1.29, 1.82) is 0 Å². The van der Waals surface area contributed by atoms with E-state index < -0.39 is 0 Å². The summed E-state index contributed by atoms with van der Waals surface area (Å²) in [6.45, 7) is 1.45. The number of anilines is 1. The zero-order valence-electron chi connectivity index (χ0n) is 14.5. The first-order valence-electron chi connectivity index (χ1n) is 8.96. The van der Waals surface area contributed by atoms with E-state index in [1.807, 2.05) is 53.4 Å². The smallest absolute Gasteiger partial charge is 0.321 e. The standard InChI is InChI=1S/C20H22N4O2/c21-15-4-3-12-24(13-11-15)20(25)22-16-9-7-14(8-10-16)19-23-17-5-1-2-6-18(17)26-19/h1-2,5-10,15H,3-4,11-13,21H2,(H,22,25)/t15-/m0/s1. The number of benzene rings is 2. The lowest BCUT2D eigenvalue weighted by Crippen LogP contribution is -2.36. The lowest BCUT2D eigenvalue weighted by atomic mass is 10.1. The third-order valence-corrected chi connectivity index (χ3v) is 4.74. The number of nitrogens with zero attached hydrogens (tertiary/aromatic N) is 2. The number of fused-ring (bicyclic) bond motifs is 1. The number of amides is 2. The molecule has 0 saturated carbocycles. The highest BCUT2D eigenvalue weighted by atomic mass is 16.3. The van der Waals surface area contributed by atoms with Gasteiger partial charge in [0.05, 0.1) is 0 Å². The van der Waals surface area contributed by atoms with Crippen LogP contribution in [0.5, 0.6) is 0 Å². The molecule has 0 radical (unpaired) electrons. The normalized spacial score (nSPS) is 17.9. The maximum atomic E-state index is 12.4. The summed E-state index contributed by atoms with van der Waals surface area (Å²) < 4.78 is 5.78. The Morgan fingerprint density at radius 3 is 2.73 bits per heavy atom. The van der Waals surface area contributed by atoms with E-state index in [-0.39, 0.29) is 12.1 Å². The third-order valence-electron chi connectivity index (χ3n) is 4.74. The minimum Gasteiger partial charge on any atom is -0.436 e. The number of carbonyl (C=O) groups excluding carboxylic acids is 1. The second-order valence-corrected chi connectivity index (χ2v) is 6.67. The number of para-hydroxylation sites is 2. The van der Waals surface area contributed by atoms with Crippen molar-refractivity contribution in [2.24, 2.45) is 5.73 Å². The average Bonchev–Trinajstić information content (AvgIpc) is 2.97. The summed E-state index contributed by atoms with van der Waals surface area (Å²) in [5, 5.41) is 2.95.